The molecule has 0 radical (unpaired) electrons. The normalized spacial score (nSPS) is 12.1. The zero-order valence-corrected chi connectivity index (χ0v) is 11.9. The maximum atomic E-state index is 12.4. The van der Waals surface area contributed by atoms with Gasteiger partial charge in [0.2, 0.25) is 10.0 Å². The highest BCUT2D eigenvalue weighted by Gasteiger charge is 2.30. The molecule has 0 aliphatic carbocycles. The third-order valence-electron chi connectivity index (χ3n) is 2.88. The van der Waals surface area contributed by atoms with Crippen LogP contribution in [-0.4, -0.2) is 53.6 Å². The van der Waals surface area contributed by atoms with Gasteiger partial charge in [0.05, 0.1) is 6.61 Å². The lowest BCUT2D eigenvalue weighted by Gasteiger charge is -2.19. The molecule has 0 aliphatic heterocycles. The van der Waals surface area contributed by atoms with Crippen molar-refractivity contribution in [1.29, 1.82) is 0 Å². The number of carbonyl (C=O) groups is 1. The maximum Gasteiger partial charge on any atom is 0.352 e. The van der Waals surface area contributed by atoms with Crippen LogP contribution in [0.15, 0.2) is 4.90 Å². The van der Waals surface area contributed by atoms with E-state index in [1.807, 2.05) is 0 Å². The smallest absolute Gasteiger partial charge is 0.352 e. The van der Waals surface area contributed by atoms with Crippen LogP contribution in [0.4, 0.5) is 0 Å². The van der Waals surface area contributed by atoms with Gasteiger partial charge in [-0.1, -0.05) is 6.92 Å². The summed E-state index contributed by atoms with van der Waals surface area (Å²) < 4.78 is 26.0. The van der Waals surface area contributed by atoms with E-state index in [4.69, 9.17) is 10.2 Å². The van der Waals surface area contributed by atoms with Gasteiger partial charge in [-0.3, -0.25) is 0 Å². The molecule has 19 heavy (non-hydrogen) atoms. The minimum atomic E-state index is -3.81. The van der Waals surface area contributed by atoms with Gasteiger partial charge in [0.15, 0.2) is 0 Å². The number of aromatic carboxylic acids is 1. The summed E-state index contributed by atoms with van der Waals surface area (Å²) in [7, 11) is -3.81. The van der Waals surface area contributed by atoms with Gasteiger partial charge in [-0.15, -0.1) is 0 Å². The number of aromatic nitrogens is 1. The molecule has 0 fully saturated rings. The fourth-order valence-corrected chi connectivity index (χ4v) is 3.87. The molecule has 0 bridgehead atoms. The Balaban J connectivity index is 3.40. The second-order valence-electron chi connectivity index (χ2n) is 4.10. The molecule has 1 aromatic heterocycles. The van der Waals surface area contributed by atoms with Crippen LogP contribution in [0.2, 0.25) is 0 Å². The minimum absolute atomic E-state index is 0.0225. The van der Waals surface area contributed by atoms with E-state index in [1.54, 1.807) is 6.92 Å². The molecular weight excluding hydrogens is 272 g/mol. The number of aliphatic hydroxyl groups excluding tert-OH is 1. The first-order valence-corrected chi connectivity index (χ1v) is 7.24. The summed E-state index contributed by atoms with van der Waals surface area (Å²) in [6, 6.07) is 0. The van der Waals surface area contributed by atoms with Crippen molar-refractivity contribution in [2.75, 3.05) is 19.7 Å². The molecule has 8 heteroatoms. The Morgan fingerprint density at radius 3 is 2.32 bits per heavy atom. The van der Waals surface area contributed by atoms with E-state index < -0.39 is 16.0 Å². The first-order valence-electron chi connectivity index (χ1n) is 5.80. The van der Waals surface area contributed by atoms with Crippen LogP contribution in [0.1, 0.15) is 28.7 Å². The van der Waals surface area contributed by atoms with Gasteiger partial charge in [0.25, 0.3) is 0 Å². The number of hydrogen-bond donors (Lipinski definition) is 3. The molecule has 7 nitrogen and oxygen atoms in total. The number of carboxylic acids is 1. The van der Waals surface area contributed by atoms with Crippen molar-refractivity contribution in [1.82, 2.24) is 9.29 Å². The fourth-order valence-electron chi connectivity index (χ4n) is 2.02. The first kappa shape index (κ1) is 15.7. The van der Waals surface area contributed by atoms with Crippen molar-refractivity contribution in [3.05, 3.63) is 17.0 Å². The third-order valence-corrected chi connectivity index (χ3v) is 5.13. The molecule has 0 aliphatic rings. The molecule has 0 saturated carbocycles. The van der Waals surface area contributed by atoms with Gasteiger partial charge >= 0.3 is 5.97 Å². The van der Waals surface area contributed by atoms with Crippen LogP contribution in [0.25, 0.3) is 0 Å². The Morgan fingerprint density at radius 2 is 1.95 bits per heavy atom. The highest BCUT2D eigenvalue weighted by atomic mass is 32.2. The van der Waals surface area contributed by atoms with Gasteiger partial charge in [-0.05, 0) is 13.8 Å². The number of hydrogen-bond acceptors (Lipinski definition) is 4. The summed E-state index contributed by atoms with van der Waals surface area (Å²) in [6.45, 7) is 4.51. The van der Waals surface area contributed by atoms with Crippen molar-refractivity contribution < 1.29 is 23.4 Å². The molecule has 0 spiro atoms. The van der Waals surface area contributed by atoms with Crippen LogP contribution < -0.4 is 0 Å². The SMILES string of the molecule is CCN(CCO)S(=O)(=O)c1c(C)[nH]c(C(=O)O)c1C. The molecule has 0 aromatic carbocycles. The van der Waals surface area contributed by atoms with Crippen molar-refractivity contribution >= 4 is 16.0 Å². The number of sulfonamides is 1. The molecule has 108 valence electrons. The van der Waals surface area contributed by atoms with Crippen LogP contribution in [0.5, 0.6) is 0 Å². The number of aliphatic hydroxyl groups is 1. The second-order valence-corrected chi connectivity index (χ2v) is 5.98. The number of rotatable bonds is 6. The molecule has 0 amide bonds. The van der Waals surface area contributed by atoms with Gasteiger partial charge in [0, 0.05) is 24.3 Å². The molecule has 1 heterocycles. The number of carboxylic acid groups (broad SMARTS) is 1. The summed E-state index contributed by atoms with van der Waals surface area (Å²) in [5, 5.41) is 17.9. The number of likely N-dealkylation sites (N-methyl/N-ethyl adjacent to an activating group) is 1. The van der Waals surface area contributed by atoms with Crippen LogP contribution in [0, 0.1) is 13.8 Å². The highest BCUT2D eigenvalue weighted by Crippen LogP contribution is 2.26. The fraction of sp³-hybridized carbons (Fsp3) is 0.545. The van der Waals surface area contributed by atoms with Crippen molar-refractivity contribution in [3.8, 4) is 0 Å². The zero-order chi connectivity index (χ0) is 14.8. The van der Waals surface area contributed by atoms with Crippen LogP contribution in [0.3, 0.4) is 0 Å². The average Bonchev–Trinajstić information content (AvgIpc) is 2.61. The molecule has 0 unspecified atom stereocenters. The monoisotopic (exact) mass is 290 g/mol. The van der Waals surface area contributed by atoms with E-state index in [0.717, 1.165) is 4.31 Å². The van der Waals surface area contributed by atoms with E-state index >= 15 is 0 Å². The summed E-state index contributed by atoms with van der Waals surface area (Å²) in [5.74, 6) is -1.20. The Bertz CT molecular complexity index is 576. The summed E-state index contributed by atoms with van der Waals surface area (Å²) in [5.41, 5.74) is 0.337. The number of nitrogens with one attached hydrogen (secondary N) is 1. The Hall–Kier alpha value is -1.38. The zero-order valence-electron chi connectivity index (χ0n) is 11.1. The third kappa shape index (κ3) is 2.80. The van der Waals surface area contributed by atoms with Gasteiger partial charge in [-0.25, -0.2) is 13.2 Å². The quantitative estimate of drug-likeness (QED) is 0.699. The number of aryl methyl sites for hydroxylation is 1. The van der Waals surface area contributed by atoms with Gasteiger partial charge in [0.1, 0.15) is 10.6 Å². The standard InChI is InChI=1S/C11H18N2O5S/c1-4-13(5-6-14)19(17,18)10-7(2)9(11(15)16)12-8(10)3/h12,14H,4-6H2,1-3H3,(H,15,16). The van der Waals surface area contributed by atoms with E-state index in [9.17, 15) is 13.2 Å². The van der Waals surface area contributed by atoms with E-state index in [2.05, 4.69) is 4.98 Å². The van der Waals surface area contributed by atoms with E-state index in [-0.39, 0.29) is 41.5 Å². The van der Waals surface area contributed by atoms with Gasteiger partial charge in [-0.2, -0.15) is 4.31 Å². The van der Waals surface area contributed by atoms with Crippen LogP contribution >= 0.6 is 0 Å². The van der Waals surface area contributed by atoms with Crippen molar-refractivity contribution in [2.24, 2.45) is 0 Å². The maximum absolute atomic E-state index is 12.4. The van der Waals surface area contributed by atoms with Crippen molar-refractivity contribution in [2.45, 2.75) is 25.7 Å². The van der Waals surface area contributed by atoms with Gasteiger partial charge < -0.3 is 15.2 Å². The summed E-state index contributed by atoms with van der Waals surface area (Å²) in [6.07, 6.45) is 0. The second kappa shape index (κ2) is 5.72. The topological polar surface area (TPSA) is 111 Å². The average molecular weight is 290 g/mol. The Labute approximate surface area is 111 Å². The lowest BCUT2D eigenvalue weighted by atomic mass is 10.2. The molecular formula is C11H18N2O5S. The highest BCUT2D eigenvalue weighted by molar-refractivity contribution is 7.89. The number of H-pyrrole nitrogens is 1. The molecule has 1 rings (SSSR count). The van der Waals surface area contributed by atoms with E-state index in [0.29, 0.717) is 0 Å². The predicted octanol–water partition coefficient (Wildman–Crippen LogP) is 0.333. The van der Waals surface area contributed by atoms with Crippen molar-refractivity contribution in [3.63, 3.8) is 0 Å². The summed E-state index contributed by atoms with van der Waals surface area (Å²) in [4.78, 5) is 13.5. The molecule has 0 saturated heterocycles. The minimum Gasteiger partial charge on any atom is -0.477 e. The van der Waals surface area contributed by atoms with Crippen LogP contribution in [-0.2, 0) is 10.0 Å². The number of nitrogens with zero attached hydrogens (tertiary/aromatic N) is 1. The largest absolute Gasteiger partial charge is 0.477 e. The lowest BCUT2D eigenvalue weighted by Crippen LogP contribution is -2.34. The Morgan fingerprint density at radius 1 is 1.37 bits per heavy atom. The molecule has 1 aromatic rings. The predicted molar refractivity (Wildman–Crippen MR) is 68.7 cm³/mol. The molecule has 3 N–H and O–H groups in total. The van der Waals surface area contributed by atoms with E-state index in [1.165, 1.54) is 13.8 Å². The lowest BCUT2D eigenvalue weighted by molar-refractivity contribution is 0.0690. The number of aromatic amines is 1. The first-order chi connectivity index (χ1) is 8.77. The summed E-state index contributed by atoms with van der Waals surface area (Å²) >= 11 is 0. The molecule has 0 atom stereocenters. The Kier molecular flexibility index (Phi) is 4.72.